The minimum absolute atomic E-state index is 0.0275. The molecule has 5 rings (SSSR count). The van der Waals surface area contributed by atoms with Gasteiger partial charge in [0.25, 0.3) is 5.91 Å². The Morgan fingerprint density at radius 1 is 1.00 bits per heavy atom. The molecule has 5 saturated carbocycles. The molecule has 6 heteroatoms. The molecule has 5 fully saturated rings. The van der Waals surface area contributed by atoms with Gasteiger partial charge in [-0.05, 0) is 75.0 Å². The van der Waals surface area contributed by atoms with Crippen molar-refractivity contribution in [1.82, 2.24) is 10.6 Å². The summed E-state index contributed by atoms with van der Waals surface area (Å²) in [5.74, 6) is 1.21. The van der Waals surface area contributed by atoms with Gasteiger partial charge < -0.3 is 15.4 Å². The molecule has 4 bridgehead atoms. The second-order valence-electron chi connectivity index (χ2n) is 9.84. The van der Waals surface area contributed by atoms with Crippen LogP contribution in [0.3, 0.4) is 0 Å². The Balaban J connectivity index is 1.35. The average Bonchev–Trinajstić information content (AvgIpc) is 3.39. The number of hydrogen-bond acceptors (Lipinski definition) is 4. The van der Waals surface area contributed by atoms with Crippen LogP contribution in [0.4, 0.5) is 0 Å². The molecule has 5 aliphatic carbocycles. The molecule has 5 aliphatic rings. The molecule has 0 radical (unpaired) electrons. The molecular weight excluding hydrogens is 344 g/mol. The van der Waals surface area contributed by atoms with Gasteiger partial charge in [0.1, 0.15) is 6.04 Å². The largest absolute Gasteiger partial charge is 0.454 e. The second-order valence-corrected chi connectivity index (χ2v) is 9.84. The Hall–Kier alpha value is -1.59. The van der Waals surface area contributed by atoms with Crippen LogP contribution in [0.5, 0.6) is 0 Å². The average molecular weight is 376 g/mol. The molecule has 2 N–H and O–H groups in total. The van der Waals surface area contributed by atoms with Crippen molar-refractivity contribution in [2.75, 3.05) is 6.61 Å². The third-order valence-corrected chi connectivity index (χ3v) is 7.02. The van der Waals surface area contributed by atoms with Crippen molar-refractivity contribution in [1.29, 1.82) is 0 Å². The van der Waals surface area contributed by atoms with Gasteiger partial charge in [-0.25, -0.2) is 4.79 Å². The lowest BCUT2D eigenvalue weighted by atomic mass is 9.49. The molecule has 0 saturated heterocycles. The van der Waals surface area contributed by atoms with Crippen molar-refractivity contribution in [2.24, 2.45) is 29.1 Å². The quantitative estimate of drug-likeness (QED) is 0.667. The van der Waals surface area contributed by atoms with Crippen LogP contribution in [-0.4, -0.2) is 36.5 Å². The zero-order valence-electron chi connectivity index (χ0n) is 16.5. The molecule has 27 heavy (non-hydrogen) atoms. The van der Waals surface area contributed by atoms with E-state index < -0.39 is 12.0 Å². The van der Waals surface area contributed by atoms with Gasteiger partial charge in [0.2, 0.25) is 5.91 Å². The molecule has 150 valence electrons. The maximum Gasteiger partial charge on any atom is 0.329 e. The van der Waals surface area contributed by atoms with E-state index in [2.05, 4.69) is 10.6 Å². The first-order valence-electron chi connectivity index (χ1n) is 10.6. The van der Waals surface area contributed by atoms with E-state index in [1.807, 2.05) is 13.8 Å². The molecule has 0 aliphatic heterocycles. The predicted octanol–water partition coefficient (Wildman–Crippen LogP) is 2.17. The molecule has 0 spiro atoms. The van der Waals surface area contributed by atoms with Gasteiger partial charge in [-0.1, -0.05) is 13.8 Å². The molecule has 0 unspecified atom stereocenters. The third kappa shape index (κ3) is 3.99. The van der Waals surface area contributed by atoms with Gasteiger partial charge in [0.15, 0.2) is 6.61 Å². The summed E-state index contributed by atoms with van der Waals surface area (Å²) in [6.45, 7) is 3.53. The van der Waals surface area contributed by atoms with Crippen LogP contribution in [0.25, 0.3) is 0 Å². The zero-order chi connectivity index (χ0) is 19.2. The van der Waals surface area contributed by atoms with Crippen molar-refractivity contribution in [2.45, 2.75) is 77.3 Å². The zero-order valence-corrected chi connectivity index (χ0v) is 16.5. The molecule has 6 nitrogen and oxygen atoms in total. The Morgan fingerprint density at radius 3 is 2.04 bits per heavy atom. The normalized spacial score (nSPS) is 35.0. The predicted molar refractivity (Wildman–Crippen MR) is 99.5 cm³/mol. The summed E-state index contributed by atoms with van der Waals surface area (Å²) in [6.07, 6.45) is 8.72. The van der Waals surface area contributed by atoms with Gasteiger partial charge in [-0.3, -0.25) is 9.59 Å². The van der Waals surface area contributed by atoms with E-state index in [1.54, 1.807) is 0 Å². The van der Waals surface area contributed by atoms with Crippen molar-refractivity contribution < 1.29 is 19.1 Å². The van der Waals surface area contributed by atoms with Crippen LogP contribution in [-0.2, 0) is 19.1 Å². The molecule has 2 amide bonds. The van der Waals surface area contributed by atoms with E-state index >= 15 is 0 Å². The number of hydrogen-bond donors (Lipinski definition) is 2. The number of esters is 1. The summed E-state index contributed by atoms with van der Waals surface area (Å²) in [5.41, 5.74) is -0.286. The lowest BCUT2D eigenvalue weighted by molar-refractivity contribution is -0.157. The fraction of sp³-hybridized carbons (Fsp3) is 0.857. The Morgan fingerprint density at radius 2 is 1.56 bits per heavy atom. The van der Waals surface area contributed by atoms with E-state index in [4.69, 9.17) is 4.74 Å². The molecule has 0 aromatic carbocycles. The minimum Gasteiger partial charge on any atom is -0.454 e. The Bertz CT molecular complexity index is 590. The third-order valence-electron chi connectivity index (χ3n) is 7.02. The number of carbonyl (C=O) groups excluding carboxylic acids is 3. The van der Waals surface area contributed by atoms with Crippen molar-refractivity contribution in [3.63, 3.8) is 0 Å². The maximum absolute atomic E-state index is 13.2. The molecule has 0 heterocycles. The highest BCUT2D eigenvalue weighted by molar-refractivity contribution is 5.89. The summed E-state index contributed by atoms with van der Waals surface area (Å²) >= 11 is 0. The highest BCUT2D eigenvalue weighted by Gasteiger charge is 2.55. The smallest absolute Gasteiger partial charge is 0.329 e. The summed E-state index contributed by atoms with van der Waals surface area (Å²) in [7, 11) is 0. The molecule has 1 atom stereocenters. The second kappa shape index (κ2) is 7.10. The summed E-state index contributed by atoms with van der Waals surface area (Å²) in [5, 5.41) is 5.81. The van der Waals surface area contributed by atoms with Crippen LogP contribution in [0, 0.1) is 29.1 Å². The van der Waals surface area contributed by atoms with E-state index in [0.717, 1.165) is 32.1 Å². The lowest BCUT2D eigenvalue weighted by Gasteiger charge is -2.55. The van der Waals surface area contributed by atoms with Gasteiger partial charge in [0.05, 0.1) is 0 Å². The SMILES string of the molecule is CC(C)[C@H](NC(=O)C12CC3CC(CC(C3)C1)C2)C(=O)OCC(=O)NC1CC1. The van der Waals surface area contributed by atoms with Crippen LogP contribution in [0.1, 0.15) is 65.2 Å². The van der Waals surface area contributed by atoms with Gasteiger partial charge in [0, 0.05) is 11.5 Å². The monoisotopic (exact) mass is 376 g/mol. The number of nitrogens with one attached hydrogen (secondary N) is 2. The summed E-state index contributed by atoms with van der Waals surface area (Å²) in [6, 6.07) is -0.452. The topological polar surface area (TPSA) is 84.5 Å². The van der Waals surface area contributed by atoms with Gasteiger partial charge >= 0.3 is 5.97 Å². The van der Waals surface area contributed by atoms with E-state index in [1.165, 1.54) is 19.3 Å². The van der Waals surface area contributed by atoms with Crippen LogP contribution < -0.4 is 10.6 Å². The van der Waals surface area contributed by atoms with Crippen LogP contribution in [0.15, 0.2) is 0 Å². The molecular formula is C21H32N2O4. The number of carbonyl (C=O) groups is 3. The van der Waals surface area contributed by atoms with E-state index in [9.17, 15) is 14.4 Å². The number of amides is 2. The van der Waals surface area contributed by atoms with E-state index in [0.29, 0.717) is 17.8 Å². The standard InChI is InChI=1S/C21H32N2O4/c1-12(2)18(19(25)27-11-17(24)22-16-3-4-16)23-20(26)21-8-13-5-14(9-21)7-15(6-13)10-21/h12-16,18H,3-11H2,1-2H3,(H,22,24)(H,23,26)/t13?,14?,15?,18-,21?/m0/s1. The first kappa shape index (κ1) is 18.8. The molecule has 0 aromatic heterocycles. The number of ether oxygens (including phenoxy) is 1. The molecule has 0 aromatic rings. The maximum atomic E-state index is 13.2. The van der Waals surface area contributed by atoms with Crippen LogP contribution >= 0.6 is 0 Å². The fourth-order valence-electron chi connectivity index (χ4n) is 5.90. The van der Waals surface area contributed by atoms with Crippen molar-refractivity contribution in [3.8, 4) is 0 Å². The lowest BCUT2D eigenvalue weighted by Crippen LogP contribution is -2.57. The van der Waals surface area contributed by atoms with Crippen molar-refractivity contribution >= 4 is 17.8 Å². The highest BCUT2D eigenvalue weighted by Crippen LogP contribution is 2.60. The van der Waals surface area contributed by atoms with Gasteiger partial charge in [-0.15, -0.1) is 0 Å². The first-order chi connectivity index (χ1) is 12.8. The van der Waals surface area contributed by atoms with Crippen LogP contribution in [0.2, 0.25) is 0 Å². The minimum atomic E-state index is -0.695. The summed E-state index contributed by atoms with van der Waals surface area (Å²) in [4.78, 5) is 37.5. The summed E-state index contributed by atoms with van der Waals surface area (Å²) < 4.78 is 5.21. The Labute approximate surface area is 161 Å². The van der Waals surface area contributed by atoms with Crippen molar-refractivity contribution in [3.05, 3.63) is 0 Å². The Kier molecular flexibility index (Phi) is 4.93. The van der Waals surface area contributed by atoms with E-state index in [-0.39, 0.29) is 35.8 Å². The van der Waals surface area contributed by atoms with Gasteiger partial charge in [-0.2, -0.15) is 0 Å². The first-order valence-corrected chi connectivity index (χ1v) is 10.6. The fourth-order valence-corrected chi connectivity index (χ4v) is 5.90. The number of rotatable bonds is 7. The highest BCUT2D eigenvalue weighted by atomic mass is 16.5.